The number of pyridine rings is 1. The third kappa shape index (κ3) is 2.71. The first kappa shape index (κ1) is 13.5. The van der Waals surface area contributed by atoms with E-state index >= 15 is 0 Å². The first-order valence-electron chi connectivity index (χ1n) is 6.19. The van der Waals surface area contributed by atoms with Gasteiger partial charge in [0.15, 0.2) is 5.82 Å². The SMILES string of the molecule is Nc1n[nH]c2ccc(S(=O)(=O)NCc3ccccn3)cc12. The highest BCUT2D eigenvalue weighted by atomic mass is 32.2. The number of benzene rings is 1. The number of hydrogen-bond donors (Lipinski definition) is 3. The molecule has 0 spiro atoms. The van der Waals surface area contributed by atoms with Gasteiger partial charge in [0.2, 0.25) is 10.0 Å². The minimum Gasteiger partial charge on any atom is -0.382 e. The van der Waals surface area contributed by atoms with Gasteiger partial charge in [-0.3, -0.25) is 10.1 Å². The number of sulfonamides is 1. The zero-order valence-corrected chi connectivity index (χ0v) is 11.8. The van der Waals surface area contributed by atoms with Gasteiger partial charge in [-0.2, -0.15) is 5.10 Å². The molecule has 0 amide bonds. The highest BCUT2D eigenvalue weighted by Crippen LogP contribution is 2.21. The van der Waals surface area contributed by atoms with E-state index in [2.05, 4.69) is 19.9 Å². The summed E-state index contributed by atoms with van der Waals surface area (Å²) in [7, 11) is -3.63. The van der Waals surface area contributed by atoms with Crippen molar-refractivity contribution in [2.75, 3.05) is 5.73 Å². The Morgan fingerprint density at radius 2 is 2.10 bits per heavy atom. The van der Waals surface area contributed by atoms with Crippen LogP contribution in [0.15, 0.2) is 47.5 Å². The van der Waals surface area contributed by atoms with Crippen LogP contribution in [-0.2, 0) is 16.6 Å². The molecule has 0 aliphatic rings. The fourth-order valence-corrected chi connectivity index (χ4v) is 2.96. The van der Waals surface area contributed by atoms with Gasteiger partial charge in [0.1, 0.15) is 0 Å². The number of nitrogens with one attached hydrogen (secondary N) is 2. The Balaban J connectivity index is 1.87. The van der Waals surface area contributed by atoms with Crippen LogP contribution in [0, 0.1) is 0 Å². The molecular weight excluding hydrogens is 290 g/mol. The first-order chi connectivity index (χ1) is 10.1. The van der Waals surface area contributed by atoms with Crippen molar-refractivity contribution in [3.63, 3.8) is 0 Å². The smallest absolute Gasteiger partial charge is 0.240 e. The topological polar surface area (TPSA) is 114 Å². The Kier molecular flexibility index (Phi) is 3.32. The maximum Gasteiger partial charge on any atom is 0.240 e. The standard InChI is InChI=1S/C13H13N5O2S/c14-13-11-7-10(4-5-12(11)17-18-13)21(19,20)16-8-9-3-1-2-6-15-9/h1-7,16H,8H2,(H3,14,17,18). The van der Waals surface area contributed by atoms with E-state index in [1.807, 2.05) is 0 Å². The molecule has 2 aromatic heterocycles. The minimum absolute atomic E-state index is 0.127. The van der Waals surface area contributed by atoms with Crippen molar-refractivity contribution >= 4 is 26.7 Å². The fraction of sp³-hybridized carbons (Fsp3) is 0.0769. The predicted molar refractivity (Wildman–Crippen MR) is 78.8 cm³/mol. The van der Waals surface area contributed by atoms with Crippen molar-refractivity contribution in [2.45, 2.75) is 11.4 Å². The number of hydrogen-bond acceptors (Lipinski definition) is 5. The molecule has 8 heteroatoms. The quantitative estimate of drug-likeness (QED) is 0.666. The fourth-order valence-electron chi connectivity index (χ4n) is 1.94. The van der Waals surface area contributed by atoms with Crippen LogP contribution in [0.4, 0.5) is 5.82 Å². The number of rotatable bonds is 4. The molecule has 1 aromatic carbocycles. The summed E-state index contributed by atoms with van der Waals surface area (Å²) >= 11 is 0. The van der Waals surface area contributed by atoms with Gasteiger partial charge in [0.25, 0.3) is 0 Å². The van der Waals surface area contributed by atoms with E-state index in [-0.39, 0.29) is 17.3 Å². The van der Waals surface area contributed by atoms with E-state index in [4.69, 9.17) is 5.73 Å². The molecular formula is C13H13N5O2S. The summed E-state index contributed by atoms with van der Waals surface area (Å²) in [4.78, 5) is 4.21. The lowest BCUT2D eigenvalue weighted by molar-refractivity contribution is 0.580. The van der Waals surface area contributed by atoms with Crippen LogP contribution in [0.25, 0.3) is 10.9 Å². The molecule has 21 heavy (non-hydrogen) atoms. The Labute approximate surface area is 121 Å². The van der Waals surface area contributed by atoms with Crippen LogP contribution in [0.5, 0.6) is 0 Å². The molecule has 0 fully saturated rings. The Hall–Kier alpha value is -2.45. The number of nitrogen functional groups attached to an aromatic ring is 1. The second-order valence-electron chi connectivity index (χ2n) is 4.46. The summed E-state index contributed by atoms with van der Waals surface area (Å²) < 4.78 is 27.1. The maximum absolute atomic E-state index is 12.3. The summed E-state index contributed by atoms with van der Waals surface area (Å²) in [5.74, 6) is 0.270. The third-order valence-corrected chi connectivity index (χ3v) is 4.44. The highest BCUT2D eigenvalue weighted by Gasteiger charge is 2.15. The van der Waals surface area contributed by atoms with Crippen LogP contribution in [0.3, 0.4) is 0 Å². The zero-order valence-electron chi connectivity index (χ0n) is 10.9. The molecule has 7 nitrogen and oxygen atoms in total. The van der Waals surface area contributed by atoms with Crippen LogP contribution in [-0.4, -0.2) is 23.6 Å². The number of nitrogens with two attached hydrogens (primary N) is 1. The summed E-state index contributed by atoms with van der Waals surface area (Å²) in [5.41, 5.74) is 7.02. The lowest BCUT2D eigenvalue weighted by atomic mass is 10.2. The molecule has 4 N–H and O–H groups in total. The lowest BCUT2D eigenvalue weighted by Gasteiger charge is -2.06. The van der Waals surface area contributed by atoms with E-state index in [1.165, 1.54) is 12.1 Å². The van der Waals surface area contributed by atoms with Crippen LogP contribution in [0.1, 0.15) is 5.69 Å². The Bertz CT molecular complexity index is 874. The molecule has 3 aromatic rings. The number of anilines is 1. The molecule has 0 aliphatic heterocycles. The van der Waals surface area contributed by atoms with Gasteiger partial charge in [-0.25, -0.2) is 13.1 Å². The minimum atomic E-state index is -3.63. The molecule has 0 atom stereocenters. The van der Waals surface area contributed by atoms with Crippen LogP contribution in [0.2, 0.25) is 0 Å². The van der Waals surface area contributed by atoms with Crippen LogP contribution < -0.4 is 10.5 Å². The van der Waals surface area contributed by atoms with Crippen molar-refractivity contribution in [2.24, 2.45) is 0 Å². The van der Waals surface area contributed by atoms with E-state index in [9.17, 15) is 8.42 Å². The summed E-state index contributed by atoms with van der Waals surface area (Å²) in [6.45, 7) is 0.127. The molecule has 2 heterocycles. The van der Waals surface area contributed by atoms with Gasteiger partial charge in [-0.05, 0) is 30.3 Å². The van der Waals surface area contributed by atoms with Crippen molar-refractivity contribution in [1.29, 1.82) is 0 Å². The molecule has 0 saturated carbocycles. The zero-order chi connectivity index (χ0) is 14.9. The highest BCUT2D eigenvalue weighted by molar-refractivity contribution is 7.89. The molecule has 0 saturated heterocycles. The molecule has 3 rings (SSSR count). The Morgan fingerprint density at radius 1 is 1.24 bits per heavy atom. The number of aromatic nitrogens is 3. The van der Waals surface area contributed by atoms with Gasteiger partial charge < -0.3 is 5.73 Å². The van der Waals surface area contributed by atoms with Gasteiger partial charge in [0, 0.05) is 11.6 Å². The van der Waals surface area contributed by atoms with Crippen molar-refractivity contribution in [3.8, 4) is 0 Å². The molecule has 0 radical (unpaired) electrons. The lowest BCUT2D eigenvalue weighted by Crippen LogP contribution is -2.23. The Morgan fingerprint density at radius 3 is 2.86 bits per heavy atom. The normalized spacial score (nSPS) is 11.8. The first-order valence-corrected chi connectivity index (χ1v) is 7.68. The number of H-pyrrole nitrogens is 1. The average Bonchev–Trinajstić information content (AvgIpc) is 2.87. The molecule has 108 valence electrons. The molecule has 0 aliphatic carbocycles. The van der Waals surface area contributed by atoms with E-state index in [0.29, 0.717) is 16.6 Å². The average molecular weight is 303 g/mol. The van der Waals surface area contributed by atoms with Crippen molar-refractivity contribution in [1.82, 2.24) is 19.9 Å². The molecule has 0 unspecified atom stereocenters. The van der Waals surface area contributed by atoms with Gasteiger partial charge in [0.05, 0.1) is 22.7 Å². The van der Waals surface area contributed by atoms with E-state index in [0.717, 1.165) is 0 Å². The van der Waals surface area contributed by atoms with Gasteiger partial charge in [-0.15, -0.1) is 0 Å². The second-order valence-corrected chi connectivity index (χ2v) is 6.23. The van der Waals surface area contributed by atoms with Crippen LogP contribution >= 0.6 is 0 Å². The summed E-state index contributed by atoms with van der Waals surface area (Å²) in [6.07, 6.45) is 1.61. The number of aromatic amines is 1. The van der Waals surface area contributed by atoms with Crippen molar-refractivity contribution in [3.05, 3.63) is 48.3 Å². The largest absolute Gasteiger partial charge is 0.382 e. The second kappa shape index (κ2) is 5.15. The van der Waals surface area contributed by atoms with Gasteiger partial charge in [-0.1, -0.05) is 6.07 Å². The monoisotopic (exact) mass is 303 g/mol. The molecule has 0 bridgehead atoms. The number of nitrogens with zero attached hydrogens (tertiary/aromatic N) is 2. The van der Waals surface area contributed by atoms with E-state index < -0.39 is 10.0 Å². The van der Waals surface area contributed by atoms with E-state index in [1.54, 1.807) is 30.5 Å². The summed E-state index contributed by atoms with van der Waals surface area (Å²) in [6, 6.07) is 9.95. The van der Waals surface area contributed by atoms with Gasteiger partial charge >= 0.3 is 0 Å². The third-order valence-electron chi connectivity index (χ3n) is 3.04. The summed E-state index contributed by atoms with van der Waals surface area (Å²) in [5, 5.41) is 7.14. The predicted octanol–water partition coefficient (Wildman–Crippen LogP) is 1.02. The number of fused-ring (bicyclic) bond motifs is 1. The maximum atomic E-state index is 12.3. The van der Waals surface area contributed by atoms with Crippen molar-refractivity contribution < 1.29 is 8.42 Å².